The van der Waals surface area contributed by atoms with Gasteiger partial charge in [-0.05, 0) is 32.3 Å². The number of aryl methyl sites for hydroxylation is 2. The largest absolute Gasteiger partial charge is 0.361 e. The van der Waals surface area contributed by atoms with Crippen LogP contribution in [0.3, 0.4) is 0 Å². The number of amides is 1. The molecule has 2 aromatic rings. The number of carbonyl (C=O) groups is 1. The van der Waals surface area contributed by atoms with E-state index in [0.29, 0.717) is 36.4 Å². The van der Waals surface area contributed by atoms with E-state index in [1.807, 2.05) is 0 Å². The minimum Gasteiger partial charge on any atom is -0.361 e. The maximum absolute atomic E-state index is 13.0. The van der Waals surface area contributed by atoms with E-state index in [-0.39, 0.29) is 35.5 Å². The van der Waals surface area contributed by atoms with Crippen molar-refractivity contribution < 1.29 is 22.7 Å². The number of nitrogens with zero attached hydrogens (tertiary/aromatic N) is 4. The molecule has 0 aliphatic carbocycles. The lowest BCUT2D eigenvalue weighted by atomic mass is 9.96. The Hall–Kier alpha value is -2.79. The van der Waals surface area contributed by atoms with Crippen LogP contribution in [0, 0.1) is 29.9 Å². The Kier molecular flexibility index (Phi) is 6.22. The minimum atomic E-state index is -3.88. The van der Waals surface area contributed by atoms with Gasteiger partial charge in [-0.1, -0.05) is 11.2 Å². The van der Waals surface area contributed by atoms with Crippen LogP contribution in [-0.4, -0.2) is 53.7 Å². The fourth-order valence-electron chi connectivity index (χ4n) is 3.59. The summed E-state index contributed by atoms with van der Waals surface area (Å²) in [6.45, 7) is 4.06. The molecule has 1 fully saturated rings. The molecule has 0 atom stereocenters. The molecule has 0 unspecified atom stereocenters. The van der Waals surface area contributed by atoms with E-state index in [2.05, 4.69) is 5.16 Å². The number of benzene rings is 1. The molecule has 3 rings (SSSR count). The highest BCUT2D eigenvalue weighted by Crippen LogP contribution is 2.29. The molecule has 1 amide bonds. The molecule has 11 heteroatoms. The van der Waals surface area contributed by atoms with Crippen molar-refractivity contribution in [1.82, 2.24) is 14.4 Å². The van der Waals surface area contributed by atoms with Crippen LogP contribution in [0.1, 0.15) is 29.9 Å². The Morgan fingerprint density at radius 3 is 2.53 bits per heavy atom. The number of nitro groups is 1. The van der Waals surface area contributed by atoms with Gasteiger partial charge in [0.25, 0.3) is 5.69 Å². The average molecular weight is 436 g/mol. The Bertz CT molecular complexity index is 1060. The summed E-state index contributed by atoms with van der Waals surface area (Å²) in [7, 11) is -2.20. The Balaban J connectivity index is 1.66. The van der Waals surface area contributed by atoms with Crippen LogP contribution < -0.4 is 0 Å². The lowest BCUT2D eigenvalue weighted by Crippen LogP contribution is -2.43. The highest BCUT2D eigenvalue weighted by Gasteiger charge is 2.34. The number of carbonyl (C=O) groups excluding carboxylic acids is 1. The lowest BCUT2D eigenvalue weighted by Gasteiger charge is -2.32. The van der Waals surface area contributed by atoms with E-state index in [4.69, 9.17) is 4.52 Å². The van der Waals surface area contributed by atoms with Gasteiger partial charge in [0.2, 0.25) is 15.9 Å². The zero-order chi connectivity index (χ0) is 22.1. The molecule has 0 spiro atoms. The number of non-ortho nitro benzene ring substituents is 1. The molecule has 10 nitrogen and oxygen atoms in total. The summed E-state index contributed by atoms with van der Waals surface area (Å²) in [6.07, 6.45) is 0.766. The summed E-state index contributed by atoms with van der Waals surface area (Å²) in [6, 6.07) is 5.57. The highest BCUT2D eigenvalue weighted by molar-refractivity contribution is 7.89. The standard InChI is InChI=1S/C19H24N4O6S/c1-13-4-5-17(23(25)26)11-18(13)30(27,28)22-8-6-15(7-9-22)19(24)21(3)12-16-10-14(2)29-20-16/h4-5,10-11,15H,6-9,12H2,1-3H3. The fraction of sp³-hybridized carbons (Fsp3) is 0.474. The van der Waals surface area contributed by atoms with Crippen molar-refractivity contribution in [2.24, 2.45) is 5.92 Å². The maximum Gasteiger partial charge on any atom is 0.270 e. The van der Waals surface area contributed by atoms with Gasteiger partial charge in [-0.3, -0.25) is 14.9 Å². The second-order valence-corrected chi connectivity index (χ2v) is 9.41. The molecule has 1 aliphatic rings. The van der Waals surface area contributed by atoms with E-state index < -0.39 is 14.9 Å². The van der Waals surface area contributed by atoms with Crippen molar-refractivity contribution in [2.45, 2.75) is 38.1 Å². The first-order valence-corrected chi connectivity index (χ1v) is 11.0. The number of aromatic nitrogens is 1. The van der Waals surface area contributed by atoms with Gasteiger partial charge in [-0.2, -0.15) is 4.31 Å². The molecule has 1 aliphatic heterocycles. The summed E-state index contributed by atoms with van der Waals surface area (Å²) in [4.78, 5) is 24.6. The first-order valence-electron chi connectivity index (χ1n) is 9.52. The number of hydrogen-bond donors (Lipinski definition) is 0. The molecule has 0 bridgehead atoms. The Labute approximate surface area is 174 Å². The van der Waals surface area contributed by atoms with Crippen molar-refractivity contribution >= 4 is 21.6 Å². The van der Waals surface area contributed by atoms with Gasteiger partial charge in [0, 0.05) is 44.3 Å². The summed E-state index contributed by atoms with van der Waals surface area (Å²) in [5, 5.41) is 14.9. The fourth-order valence-corrected chi connectivity index (χ4v) is 5.30. The molecule has 1 saturated heterocycles. The monoisotopic (exact) mass is 436 g/mol. The van der Waals surface area contributed by atoms with Crippen LogP contribution in [0.15, 0.2) is 33.7 Å². The Morgan fingerprint density at radius 1 is 1.30 bits per heavy atom. The third kappa shape index (κ3) is 4.51. The number of nitro benzene ring substituents is 1. The normalized spacial score (nSPS) is 15.8. The summed E-state index contributed by atoms with van der Waals surface area (Å²) in [5.41, 5.74) is 0.833. The van der Waals surface area contributed by atoms with Gasteiger partial charge >= 0.3 is 0 Å². The van der Waals surface area contributed by atoms with Crippen molar-refractivity contribution in [2.75, 3.05) is 20.1 Å². The van der Waals surface area contributed by atoms with Crippen LogP contribution in [0.5, 0.6) is 0 Å². The van der Waals surface area contributed by atoms with Gasteiger partial charge in [0.15, 0.2) is 0 Å². The van der Waals surface area contributed by atoms with E-state index in [1.165, 1.54) is 16.4 Å². The topological polar surface area (TPSA) is 127 Å². The van der Waals surface area contributed by atoms with Crippen molar-refractivity contribution in [3.05, 3.63) is 51.4 Å². The highest BCUT2D eigenvalue weighted by atomic mass is 32.2. The molecule has 30 heavy (non-hydrogen) atoms. The zero-order valence-corrected chi connectivity index (χ0v) is 17.9. The first kappa shape index (κ1) is 21.9. The van der Waals surface area contributed by atoms with Crippen molar-refractivity contribution in [1.29, 1.82) is 0 Å². The molecule has 162 valence electrons. The molecule has 2 heterocycles. The van der Waals surface area contributed by atoms with Gasteiger partial charge < -0.3 is 9.42 Å². The second-order valence-electron chi connectivity index (χ2n) is 7.51. The van der Waals surface area contributed by atoms with Crippen LogP contribution in [0.25, 0.3) is 0 Å². The SMILES string of the molecule is Cc1cc(CN(C)C(=O)C2CCN(S(=O)(=O)c3cc([N+](=O)[O-])ccc3C)CC2)no1. The van der Waals surface area contributed by atoms with E-state index in [9.17, 15) is 23.3 Å². The third-order valence-electron chi connectivity index (χ3n) is 5.26. The second kappa shape index (κ2) is 8.52. The maximum atomic E-state index is 13.0. The number of hydrogen-bond acceptors (Lipinski definition) is 7. The summed E-state index contributed by atoms with van der Waals surface area (Å²) >= 11 is 0. The quantitative estimate of drug-likeness (QED) is 0.502. The first-order chi connectivity index (χ1) is 14.1. The summed E-state index contributed by atoms with van der Waals surface area (Å²) in [5.74, 6) is 0.306. The van der Waals surface area contributed by atoms with Gasteiger partial charge in [-0.15, -0.1) is 0 Å². The molecular formula is C19H24N4O6S. The lowest BCUT2D eigenvalue weighted by molar-refractivity contribution is -0.385. The van der Waals surface area contributed by atoms with Crippen LogP contribution in [-0.2, 0) is 21.4 Å². The van der Waals surface area contributed by atoms with Crippen molar-refractivity contribution in [3.63, 3.8) is 0 Å². The molecular weight excluding hydrogens is 412 g/mol. The smallest absolute Gasteiger partial charge is 0.270 e. The predicted octanol–water partition coefficient (Wildman–Crippen LogP) is 2.26. The number of rotatable bonds is 6. The van der Waals surface area contributed by atoms with Crippen molar-refractivity contribution in [3.8, 4) is 0 Å². The van der Waals surface area contributed by atoms with E-state index >= 15 is 0 Å². The molecule has 0 saturated carbocycles. The molecule has 0 N–H and O–H groups in total. The molecule has 1 aromatic carbocycles. The Morgan fingerprint density at radius 2 is 1.97 bits per heavy atom. The number of sulfonamides is 1. The van der Waals surface area contributed by atoms with Crippen LogP contribution in [0.4, 0.5) is 5.69 Å². The summed E-state index contributed by atoms with van der Waals surface area (Å²) < 4.78 is 32.4. The van der Waals surface area contributed by atoms with Gasteiger partial charge in [-0.25, -0.2) is 8.42 Å². The third-order valence-corrected chi connectivity index (χ3v) is 7.30. The van der Waals surface area contributed by atoms with Crippen LogP contribution >= 0.6 is 0 Å². The van der Waals surface area contributed by atoms with E-state index in [0.717, 1.165) is 6.07 Å². The number of piperidine rings is 1. The average Bonchev–Trinajstić information content (AvgIpc) is 3.12. The minimum absolute atomic E-state index is 0.0694. The predicted molar refractivity (Wildman–Crippen MR) is 107 cm³/mol. The van der Waals surface area contributed by atoms with Crippen LogP contribution in [0.2, 0.25) is 0 Å². The molecule has 1 aromatic heterocycles. The van der Waals surface area contributed by atoms with Gasteiger partial charge in [0.1, 0.15) is 11.5 Å². The zero-order valence-electron chi connectivity index (χ0n) is 17.1. The van der Waals surface area contributed by atoms with E-state index in [1.54, 1.807) is 31.9 Å². The van der Waals surface area contributed by atoms with Gasteiger partial charge in [0.05, 0.1) is 16.4 Å². The molecule has 0 radical (unpaired) electrons.